The summed E-state index contributed by atoms with van der Waals surface area (Å²) in [5, 5.41) is 7.96. The van der Waals surface area contributed by atoms with E-state index < -0.39 is 5.41 Å². The summed E-state index contributed by atoms with van der Waals surface area (Å²) in [5.74, 6) is 1.90. The molecule has 0 bridgehead atoms. The molecule has 1 N–H and O–H groups in total. The quantitative estimate of drug-likeness (QED) is 0.311. The van der Waals surface area contributed by atoms with Crippen molar-refractivity contribution in [3.8, 4) is 5.75 Å². The molecule has 228 valence electrons. The van der Waals surface area contributed by atoms with Crippen LogP contribution in [0.2, 0.25) is 0 Å². The van der Waals surface area contributed by atoms with Gasteiger partial charge in [0.05, 0.1) is 29.5 Å². The largest absolute Gasteiger partial charge is 0.491 e. The average molecular weight is 594 g/mol. The molecule has 5 heterocycles. The number of aromatic nitrogens is 4. The number of rotatable bonds is 9. The summed E-state index contributed by atoms with van der Waals surface area (Å²) in [6.07, 6.45) is 7.40. The van der Waals surface area contributed by atoms with E-state index in [9.17, 15) is 9.59 Å². The van der Waals surface area contributed by atoms with Gasteiger partial charge in [-0.05, 0) is 61.9 Å². The van der Waals surface area contributed by atoms with Crippen LogP contribution in [-0.4, -0.2) is 79.6 Å². The van der Waals surface area contributed by atoms with Crippen LogP contribution in [0, 0.1) is 6.92 Å². The first-order chi connectivity index (χ1) is 21.3. The van der Waals surface area contributed by atoms with Crippen LogP contribution in [0.1, 0.15) is 61.2 Å². The maximum absolute atomic E-state index is 13.5. The number of nitrogens with one attached hydrogen (secondary N) is 1. The van der Waals surface area contributed by atoms with Gasteiger partial charge in [0.15, 0.2) is 11.5 Å². The summed E-state index contributed by atoms with van der Waals surface area (Å²) in [4.78, 5) is 39.6. The molecule has 7 rings (SSSR count). The minimum absolute atomic E-state index is 0.0555. The van der Waals surface area contributed by atoms with E-state index in [4.69, 9.17) is 14.8 Å². The number of carbonyl (C=O) groups excluding carboxylic acids is 2. The molecule has 4 aromatic rings. The molecular formula is C34H39N7O3. The van der Waals surface area contributed by atoms with Crippen LogP contribution in [0.15, 0.2) is 67.0 Å². The molecule has 44 heavy (non-hydrogen) atoms. The molecule has 1 spiro atoms. The Labute approximate surface area is 257 Å². The third kappa shape index (κ3) is 5.37. The highest BCUT2D eigenvalue weighted by Gasteiger charge is 2.55. The number of fused-ring (bicyclic) bond motifs is 1. The lowest BCUT2D eigenvalue weighted by molar-refractivity contribution is -0.135. The van der Waals surface area contributed by atoms with Gasteiger partial charge in [-0.3, -0.25) is 9.78 Å². The maximum Gasteiger partial charge on any atom is 0.317 e. The van der Waals surface area contributed by atoms with Gasteiger partial charge in [-0.2, -0.15) is 5.10 Å². The Morgan fingerprint density at radius 1 is 1.07 bits per heavy atom. The van der Waals surface area contributed by atoms with Gasteiger partial charge in [0, 0.05) is 44.7 Å². The van der Waals surface area contributed by atoms with Crippen molar-refractivity contribution in [1.82, 2.24) is 34.7 Å². The molecule has 2 aliphatic heterocycles. The maximum atomic E-state index is 13.5. The van der Waals surface area contributed by atoms with Crippen molar-refractivity contribution in [2.75, 3.05) is 32.8 Å². The number of likely N-dealkylation sites (tertiary alicyclic amines) is 1. The van der Waals surface area contributed by atoms with Crippen LogP contribution in [0.4, 0.5) is 4.79 Å². The average Bonchev–Trinajstić information content (AvgIpc) is 3.67. The van der Waals surface area contributed by atoms with Crippen molar-refractivity contribution in [3.05, 3.63) is 89.6 Å². The summed E-state index contributed by atoms with van der Waals surface area (Å²) in [6, 6.07) is 18.1. The summed E-state index contributed by atoms with van der Waals surface area (Å²) >= 11 is 0. The van der Waals surface area contributed by atoms with Gasteiger partial charge >= 0.3 is 6.03 Å². The van der Waals surface area contributed by atoms with Crippen LogP contribution in [0.3, 0.4) is 0 Å². The Balaban J connectivity index is 0.939. The fourth-order valence-electron chi connectivity index (χ4n) is 6.72. The van der Waals surface area contributed by atoms with E-state index in [1.807, 2.05) is 65.4 Å². The second kappa shape index (κ2) is 11.2. The molecule has 0 unspecified atom stereocenters. The number of urea groups is 1. The van der Waals surface area contributed by atoms with Gasteiger partial charge in [0.25, 0.3) is 0 Å². The smallest absolute Gasteiger partial charge is 0.317 e. The summed E-state index contributed by atoms with van der Waals surface area (Å²) in [6.45, 7) is 7.18. The Kier molecular flexibility index (Phi) is 7.22. The molecule has 3 aliphatic rings. The number of piperidine rings is 1. The number of ether oxygens (including phenoxy) is 1. The van der Waals surface area contributed by atoms with Crippen LogP contribution < -0.4 is 10.1 Å². The molecule has 0 radical (unpaired) electrons. The molecule has 2 saturated heterocycles. The zero-order valence-corrected chi connectivity index (χ0v) is 25.4. The first kappa shape index (κ1) is 28.3. The van der Waals surface area contributed by atoms with Crippen LogP contribution >= 0.6 is 0 Å². The fraction of sp³-hybridized carbons (Fsp3) is 0.441. The van der Waals surface area contributed by atoms with Crippen LogP contribution in [-0.2, 0) is 16.6 Å². The van der Waals surface area contributed by atoms with Gasteiger partial charge in [0.1, 0.15) is 5.75 Å². The Bertz CT molecular complexity index is 1660. The molecule has 1 saturated carbocycles. The normalized spacial score (nSPS) is 19.3. The highest BCUT2D eigenvalue weighted by molar-refractivity contribution is 5.91. The standard InChI is InChI=1S/C34H39N7O3/c1-24-20-27(44-22-25(2)26-8-4-3-5-9-26)21-41-30(24)36-29(38-41)11-17-40-23-33(37-32(40)43)14-18-39(19-15-33)31(42)34(12-13-34)28-10-6-7-16-35-28/h3-10,16,20-21,25H,11-15,17-19,22-23H2,1-2H3,(H,37,43)/t25-/m0/s1. The van der Waals surface area contributed by atoms with E-state index in [2.05, 4.69) is 29.4 Å². The third-order valence-electron chi connectivity index (χ3n) is 9.59. The first-order valence-corrected chi connectivity index (χ1v) is 15.7. The second-order valence-electron chi connectivity index (χ2n) is 12.7. The molecule has 1 atom stereocenters. The van der Waals surface area contributed by atoms with Gasteiger partial charge in [-0.1, -0.05) is 43.3 Å². The molecule has 3 aromatic heterocycles. The molecule has 1 aromatic carbocycles. The lowest BCUT2D eigenvalue weighted by atomic mass is 9.87. The number of hydrogen-bond acceptors (Lipinski definition) is 6. The lowest BCUT2D eigenvalue weighted by Crippen LogP contribution is -2.55. The number of pyridine rings is 2. The van der Waals surface area contributed by atoms with Gasteiger partial charge in [-0.25, -0.2) is 14.3 Å². The number of hydrogen-bond donors (Lipinski definition) is 1. The van der Waals surface area contributed by atoms with E-state index in [0.717, 1.165) is 48.3 Å². The van der Waals surface area contributed by atoms with Gasteiger partial charge < -0.3 is 19.9 Å². The lowest BCUT2D eigenvalue weighted by Gasteiger charge is -2.40. The SMILES string of the molecule is Cc1cc(OC[C@H](C)c2ccccc2)cn2nc(CCN3CC4(CCN(C(=O)C5(c6ccccn6)CC5)CC4)NC3=O)nc12. The molecule has 1 aliphatic carbocycles. The molecule has 3 fully saturated rings. The van der Waals surface area contributed by atoms with E-state index in [-0.39, 0.29) is 23.4 Å². The zero-order chi connectivity index (χ0) is 30.3. The predicted octanol–water partition coefficient (Wildman–Crippen LogP) is 4.28. The van der Waals surface area contributed by atoms with Crippen molar-refractivity contribution >= 4 is 17.6 Å². The minimum Gasteiger partial charge on any atom is -0.491 e. The van der Waals surface area contributed by atoms with E-state index in [1.54, 1.807) is 10.7 Å². The van der Waals surface area contributed by atoms with Crippen LogP contribution in [0.25, 0.3) is 5.65 Å². The number of carbonyl (C=O) groups is 2. The summed E-state index contributed by atoms with van der Waals surface area (Å²) in [7, 11) is 0. The topological polar surface area (TPSA) is 105 Å². The van der Waals surface area contributed by atoms with Crippen molar-refractivity contribution in [2.24, 2.45) is 0 Å². The summed E-state index contributed by atoms with van der Waals surface area (Å²) in [5.41, 5.74) is 3.15. The molecular weight excluding hydrogens is 554 g/mol. The Morgan fingerprint density at radius 3 is 2.57 bits per heavy atom. The van der Waals surface area contributed by atoms with Crippen molar-refractivity contribution in [3.63, 3.8) is 0 Å². The van der Waals surface area contributed by atoms with E-state index in [0.29, 0.717) is 45.0 Å². The minimum atomic E-state index is -0.455. The third-order valence-corrected chi connectivity index (χ3v) is 9.59. The number of benzene rings is 1. The van der Waals surface area contributed by atoms with E-state index in [1.165, 1.54) is 5.56 Å². The van der Waals surface area contributed by atoms with Crippen molar-refractivity contribution in [2.45, 2.75) is 62.8 Å². The highest BCUT2D eigenvalue weighted by atomic mass is 16.5. The van der Waals surface area contributed by atoms with Crippen molar-refractivity contribution in [1.29, 1.82) is 0 Å². The van der Waals surface area contributed by atoms with E-state index >= 15 is 0 Å². The molecule has 10 heteroatoms. The highest BCUT2D eigenvalue weighted by Crippen LogP contribution is 2.49. The molecule has 3 amide bonds. The fourth-order valence-corrected chi connectivity index (χ4v) is 6.72. The first-order valence-electron chi connectivity index (χ1n) is 15.7. The number of nitrogens with zero attached hydrogens (tertiary/aromatic N) is 6. The van der Waals surface area contributed by atoms with Gasteiger partial charge in [0.2, 0.25) is 5.91 Å². The second-order valence-corrected chi connectivity index (χ2v) is 12.7. The summed E-state index contributed by atoms with van der Waals surface area (Å²) < 4.78 is 7.91. The van der Waals surface area contributed by atoms with Gasteiger partial charge in [-0.15, -0.1) is 0 Å². The zero-order valence-electron chi connectivity index (χ0n) is 25.4. The molecule has 10 nitrogen and oxygen atoms in total. The number of amides is 3. The predicted molar refractivity (Wildman–Crippen MR) is 166 cm³/mol. The monoisotopic (exact) mass is 593 g/mol. The Morgan fingerprint density at radius 2 is 1.84 bits per heavy atom. The number of aryl methyl sites for hydroxylation is 1. The Hall–Kier alpha value is -4.47. The van der Waals surface area contributed by atoms with Crippen molar-refractivity contribution < 1.29 is 14.3 Å². The van der Waals surface area contributed by atoms with Crippen LogP contribution in [0.5, 0.6) is 5.75 Å².